The summed E-state index contributed by atoms with van der Waals surface area (Å²) in [6.45, 7) is 7.56. The zero-order valence-corrected chi connectivity index (χ0v) is 14.2. The summed E-state index contributed by atoms with van der Waals surface area (Å²) in [6, 6.07) is 1.32. The summed E-state index contributed by atoms with van der Waals surface area (Å²) in [4.78, 5) is 27.1. The van der Waals surface area contributed by atoms with Crippen LogP contribution >= 0.6 is 0 Å². The van der Waals surface area contributed by atoms with Crippen LogP contribution in [0.1, 0.15) is 44.5 Å². The van der Waals surface area contributed by atoms with Gasteiger partial charge in [0.1, 0.15) is 18.0 Å². The second-order valence-electron chi connectivity index (χ2n) is 5.96. The minimum Gasteiger partial charge on any atom is -0.490 e. The largest absolute Gasteiger partial charge is 0.490 e. The molecule has 7 nitrogen and oxygen atoms in total. The number of carbonyl (C=O) groups excluding carboxylic acids is 2. The number of hydrogen-bond acceptors (Lipinski definition) is 6. The molecule has 1 heterocycles. The van der Waals surface area contributed by atoms with Gasteiger partial charge in [-0.25, -0.2) is 9.59 Å². The highest BCUT2D eigenvalue weighted by atomic mass is 16.6. The van der Waals surface area contributed by atoms with E-state index < -0.39 is 17.7 Å². The van der Waals surface area contributed by atoms with Crippen molar-refractivity contribution >= 4 is 12.1 Å². The molecule has 0 aromatic carbocycles. The van der Waals surface area contributed by atoms with Gasteiger partial charge in [-0.2, -0.15) is 0 Å². The van der Waals surface area contributed by atoms with Gasteiger partial charge in [-0.3, -0.25) is 4.98 Å². The Kier molecular flexibility index (Phi) is 6.81. The quantitative estimate of drug-likeness (QED) is 0.809. The Balaban J connectivity index is 2.57. The lowest BCUT2D eigenvalue weighted by atomic mass is 10.2. The molecule has 7 heteroatoms. The Morgan fingerprint density at radius 1 is 1.30 bits per heavy atom. The maximum atomic E-state index is 11.8. The van der Waals surface area contributed by atoms with E-state index in [4.69, 9.17) is 9.47 Å². The van der Waals surface area contributed by atoms with Crippen LogP contribution in [0.3, 0.4) is 0 Å². The van der Waals surface area contributed by atoms with Gasteiger partial charge in [-0.05, 0) is 33.3 Å². The number of nitrogens with zero attached hydrogens (tertiary/aromatic N) is 1. The first-order valence-corrected chi connectivity index (χ1v) is 7.41. The second kappa shape index (κ2) is 8.36. The van der Waals surface area contributed by atoms with E-state index >= 15 is 0 Å². The fourth-order valence-corrected chi connectivity index (χ4v) is 1.66. The zero-order chi connectivity index (χ0) is 17.5. The molecule has 0 saturated carbocycles. The number of carbonyl (C=O) groups is 2. The number of ether oxygens (including phenoxy) is 3. The van der Waals surface area contributed by atoms with Crippen LogP contribution in [0.4, 0.5) is 4.79 Å². The predicted octanol–water partition coefficient (Wildman–Crippen LogP) is 2.55. The molecule has 1 rings (SSSR count). The summed E-state index contributed by atoms with van der Waals surface area (Å²) in [6.07, 6.45) is 3.07. The number of pyridine rings is 1. The highest BCUT2D eigenvalue weighted by Crippen LogP contribution is 2.13. The standard InChI is InChI=1S/C16H24N2O5/c1-6-12(18-15(20)23-16(2,3)4)10-22-13-7-11(8-17-9-13)14(19)21-5/h7-9,12H,6,10H2,1-5H3,(H,18,20)/t12-/m1/s1. The van der Waals surface area contributed by atoms with Gasteiger partial charge in [-0.1, -0.05) is 6.92 Å². The van der Waals surface area contributed by atoms with Gasteiger partial charge < -0.3 is 19.5 Å². The Morgan fingerprint density at radius 3 is 2.57 bits per heavy atom. The predicted molar refractivity (Wildman–Crippen MR) is 84.5 cm³/mol. The lowest BCUT2D eigenvalue weighted by Crippen LogP contribution is -2.41. The summed E-state index contributed by atoms with van der Waals surface area (Å²) in [5.74, 6) is -0.0563. The Hall–Kier alpha value is -2.31. The van der Waals surface area contributed by atoms with Crippen molar-refractivity contribution in [3.8, 4) is 5.75 Å². The van der Waals surface area contributed by atoms with Crippen molar-refractivity contribution in [3.63, 3.8) is 0 Å². The summed E-state index contributed by atoms with van der Waals surface area (Å²) >= 11 is 0. The summed E-state index contributed by atoms with van der Waals surface area (Å²) in [5, 5.41) is 2.74. The van der Waals surface area contributed by atoms with Crippen molar-refractivity contribution in [2.45, 2.75) is 45.8 Å². The van der Waals surface area contributed by atoms with Crippen LogP contribution in [-0.4, -0.2) is 42.4 Å². The van der Waals surface area contributed by atoms with Gasteiger partial charge in [0.05, 0.1) is 24.9 Å². The lowest BCUT2D eigenvalue weighted by Gasteiger charge is -2.23. The van der Waals surface area contributed by atoms with Crippen molar-refractivity contribution < 1.29 is 23.8 Å². The van der Waals surface area contributed by atoms with Crippen LogP contribution in [0.2, 0.25) is 0 Å². The van der Waals surface area contributed by atoms with Crippen molar-refractivity contribution in [2.24, 2.45) is 0 Å². The molecular weight excluding hydrogens is 300 g/mol. The molecule has 1 N–H and O–H groups in total. The molecular formula is C16H24N2O5. The van der Waals surface area contributed by atoms with Gasteiger partial charge in [-0.15, -0.1) is 0 Å². The first kappa shape index (κ1) is 18.7. The Morgan fingerprint density at radius 2 is 2.00 bits per heavy atom. The van der Waals surface area contributed by atoms with Gasteiger partial charge in [0, 0.05) is 6.20 Å². The number of hydrogen-bond donors (Lipinski definition) is 1. The van der Waals surface area contributed by atoms with E-state index in [0.29, 0.717) is 17.7 Å². The van der Waals surface area contributed by atoms with Crippen LogP contribution in [-0.2, 0) is 9.47 Å². The number of nitrogens with one attached hydrogen (secondary N) is 1. The maximum Gasteiger partial charge on any atom is 0.407 e. The SMILES string of the molecule is CC[C@H](COc1cncc(C(=O)OC)c1)NC(=O)OC(C)(C)C. The van der Waals surface area contributed by atoms with Gasteiger partial charge in [0.25, 0.3) is 0 Å². The molecule has 0 aliphatic heterocycles. The van der Waals surface area contributed by atoms with Crippen molar-refractivity contribution in [3.05, 3.63) is 24.0 Å². The highest BCUT2D eigenvalue weighted by Gasteiger charge is 2.19. The number of methoxy groups -OCH3 is 1. The van der Waals surface area contributed by atoms with E-state index in [9.17, 15) is 9.59 Å². The van der Waals surface area contributed by atoms with E-state index in [-0.39, 0.29) is 12.6 Å². The van der Waals surface area contributed by atoms with E-state index in [1.165, 1.54) is 19.5 Å². The average Bonchev–Trinajstić information content (AvgIpc) is 2.49. The monoisotopic (exact) mass is 324 g/mol. The molecule has 1 aromatic heterocycles. The van der Waals surface area contributed by atoms with E-state index in [1.807, 2.05) is 6.92 Å². The molecule has 0 saturated heterocycles. The van der Waals surface area contributed by atoms with E-state index in [0.717, 1.165) is 0 Å². The Bertz CT molecular complexity index is 540. The van der Waals surface area contributed by atoms with Crippen molar-refractivity contribution in [1.82, 2.24) is 10.3 Å². The molecule has 0 radical (unpaired) electrons. The topological polar surface area (TPSA) is 86.8 Å². The summed E-state index contributed by atoms with van der Waals surface area (Å²) in [7, 11) is 1.30. The highest BCUT2D eigenvalue weighted by molar-refractivity contribution is 5.89. The third-order valence-electron chi connectivity index (χ3n) is 2.80. The average molecular weight is 324 g/mol. The van der Waals surface area contributed by atoms with Crippen molar-refractivity contribution in [2.75, 3.05) is 13.7 Å². The van der Waals surface area contributed by atoms with Crippen LogP contribution in [0.15, 0.2) is 18.5 Å². The number of aromatic nitrogens is 1. The normalized spacial score (nSPS) is 12.2. The molecule has 0 aliphatic carbocycles. The molecule has 0 bridgehead atoms. The van der Waals surface area contributed by atoms with Crippen LogP contribution < -0.4 is 10.1 Å². The smallest absolute Gasteiger partial charge is 0.407 e. The minimum atomic E-state index is -0.554. The molecule has 1 amide bonds. The molecule has 23 heavy (non-hydrogen) atoms. The molecule has 0 fully saturated rings. The Labute approximate surface area is 136 Å². The number of esters is 1. The molecule has 0 spiro atoms. The van der Waals surface area contributed by atoms with Gasteiger partial charge >= 0.3 is 12.1 Å². The molecule has 1 atom stereocenters. The number of amides is 1. The van der Waals surface area contributed by atoms with Crippen molar-refractivity contribution in [1.29, 1.82) is 0 Å². The lowest BCUT2D eigenvalue weighted by molar-refractivity contribution is 0.0486. The number of rotatable bonds is 6. The maximum absolute atomic E-state index is 11.8. The first-order chi connectivity index (χ1) is 10.7. The molecule has 128 valence electrons. The van der Waals surface area contributed by atoms with Gasteiger partial charge in [0.15, 0.2) is 0 Å². The molecule has 0 unspecified atom stereocenters. The van der Waals surface area contributed by atoms with Crippen LogP contribution in [0.25, 0.3) is 0 Å². The van der Waals surface area contributed by atoms with E-state index in [1.54, 1.807) is 26.8 Å². The molecule has 1 aromatic rings. The fourth-order valence-electron chi connectivity index (χ4n) is 1.66. The van der Waals surface area contributed by atoms with Crippen LogP contribution in [0, 0.1) is 0 Å². The third-order valence-corrected chi connectivity index (χ3v) is 2.80. The van der Waals surface area contributed by atoms with E-state index in [2.05, 4.69) is 15.0 Å². The summed E-state index contributed by atoms with van der Waals surface area (Å²) < 4.78 is 15.4. The number of alkyl carbamates (subject to hydrolysis) is 1. The minimum absolute atomic E-state index is 0.216. The third kappa shape index (κ3) is 6.99. The van der Waals surface area contributed by atoms with Gasteiger partial charge in [0.2, 0.25) is 0 Å². The van der Waals surface area contributed by atoms with Crippen LogP contribution in [0.5, 0.6) is 5.75 Å². The fraction of sp³-hybridized carbons (Fsp3) is 0.562. The summed E-state index contributed by atoms with van der Waals surface area (Å²) in [5.41, 5.74) is -0.250. The second-order valence-corrected chi connectivity index (χ2v) is 5.96. The first-order valence-electron chi connectivity index (χ1n) is 7.41. The molecule has 0 aliphatic rings. The zero-order valence-electron chi connectivity index (χ0n) is 14.2.